The van der Waals surface area contributed by atoms with Gasteiger partial charge in [-0.3, -0.25) is 4.79 Å². The summed E-state index contributed by atoms with van der Waals surface area (Å²) in [6.45, 7) is 6.32. The van der Waals surface area contributed by atoms with Gasteiger partial charge in [0, 0.05) is 5.69 Å². The lowest BCUT2D eigenvalue weighted by Crippen LogP contribution is -2.55. The molecule has 0 spiro atoms. The van der Waals surface area contributed by atoms with E-state index >= 15 is 0 Å². The standard InChI is InChI=1S/C11H16N2O/c1-7-4-8(2)11(9(3)5-7)13-10(14)6-12/h4-5H,6,12H2,1-3H3,(H,13,14)/p+1. The molecule has 4 N–H and O–H groups in total. The summed E-state index contributed by atoms with van der Waals surface area (Å²) in [6.07, 6.45) is 0. The van der Waals surface area contributed by atoms with Crippen molar-refractivity contribution in [3.05, 3.63) is 28.8 Å². The van der Waals surface area contributed by atoms with Crippen LogP contribution in [0.4, 0.5) is 5.69 Å². The second-order valence-electron chi connectivity index (χ2n) is 3.57. The van der Waals surface area contributed by atoms with Crippen LogP contribution in [0.2, 0.25) is 0 Å². The molecule has 14 heavy (non-hydrogen) atoms. The summed E-state index contributed by atoms with van der Waals surface area (Å²) >= 11 is 0. The molecule has 1 amide bonds. The fraction of sp³-hybridized carbons (Fsp3) is 0.364. The van der Waals surface area contributed by atoms with Gasteiger partial charge in [-0.15, -0.1) is 0 Å². The highest BCUT2D eigenvalue weighted by atomic mass is 16.1. The summed E-state index contributed by atoms with van der Waals surface area (Å²) in [5.41, 5.74) is 7.89. The van der Waals surface area contributed by atoms with Crippen molar-refractivity contribution in [3.8, 4) is 0 Å². The average Bonchev–Trinajstić information content (AvgIpc) is 2.10. The van der Waals surface area contributed by atoms with E-state index in [-0.39, 0.29) is 12.5 Å². The van der Waals surface area contributed by atoms with Crippen LogP contribution in [-0.4, -0.2) is 12.5 Å². The van der Waals surface area contributed by atoms with Crippen LogP contribution >= 0.6 is 0 Å². The van der Waals surface area contributed by atoms with Crippen LogP contribution < -0.4 is 11.1 Å². The van der Waals surface area contributed by atoms with Crippen LogP contribution in [0.3, 0.4) is 0 Å². The Morgan fingerprint density at radius 3 is 2.21 bits per heavy atom. The molecule has 1 aromatic carbocycles. The largest absolute Gasteiger partial charge is 0.350 e. The molecule has 0 unspecified atom stereocenters. The van der Waals surface area contributed by atoms with E-state index in [1.54, 1.807) is 0 Å². The van der Waals surface area contributed by atoms with E-state index in [0.717, 1.165) is 16.8 Å². The predicted octanol–water partition coefficient (Wildman–Crippen LogP) is 0.792. The molecule has 0 fully saturated rings. The van der Waals surface area contributed by atoms with Gasteiger partial charge in [-0.2, -0.15) is 0 Å². The Bertz CT molecular complexity index is 335. The molecule has 3 heteroatoms. The topological polar surface area (TPSA) is 56.7 Å². The Morgan fingerprint density at radius 2 is 1.79 bits per heavy atom. The van der Waals surface area contributed by atoms with Crippen molar-refractivity contribution in [2.75, 3.05) is 11.9 Å². The monoisotopic (exact) mass is 193 g/mol. The van der Waals surface area contributed by atoms with Crippen molar-refractivity contribution in [2.45, 2.75) is 20.8 Å². The van der Waals surface area contributed by atoms with Crippen molar-refractivity contribution >= 4 is 11.6 Å². The number of quaternary nitrogens is 1. The van der Waals surface area contributed by atoms with Crippen molar-refractivity contribution in [2.24, 2.45) is 0 Å². The Morgan fingerprint density at radius 1 is 1.29 bits per heavy atom. The SMILES string of the molecule is Cc1cc(C)c(NC(=O)C[NH3+])c(C)c1. The van der Waals surface area contributed by atoms with Gasteiger partial charge in [-0.1, -0.05) is 17.7 Å². The van der Waals surface area contributed by atoms with E-state index in [9.17, 15) is 4.79 Å². The number of amides is 1. The lowest BCUT2D eigenvalue weighted by molar-refractivity contribution is -0.353. The number of carbonyl (C=O) groups excluding carboxylic acids is 1. The maximum atomic E-state index is 11.2. The molecule has 0 heterocycles. The first kappa shape index (κ1) is 10.7. The molecule has 0 atom stereocenters. The minimum atomic E-state index is -0.0416. The number of hydrogen-bond acceptors (Lipinski definition) is 1. The number of nitrogens with one attached hydrogen (secondary N) is 1. The lowest BCUT2D eigenvalue weighted by atomic mass is 10.1. The van der Waals surface area contributed by atoms with Crippen molar-refractivity contribution < 1.29 is 10.5 Å². The highest BCUT2D eigenvalue weighted by Crippen LogP contribution is 2.21. The van der Waals surface area contributed by atoms with Crippen LogP contribution in [0, 0.1) is 20.8 Å². The molecule has 0 aliphatic heterocycles. The lowest BCUT2D eigenvalue weighted by Gasteiger charge is -2.11. The first-order valence-corrected chi connectivity index (χ1v) is 4.71. The fourth-order valence-corrected chi connectivity index (χ4v) is 1.58. The smallest absolute Gasteiger partial charge is 0.279 e. The maximum absolute atomic E-state index is 11.2. The Labute approximate surface area is 84.3 Å². The highest BCUT2D eigenvalue weighted by Gasteiger charge is 2.07. The molecular weight excluding hydrogens is 176 g/mol. The predicted molar refractivity (Wildman–Crippen MR) is 57.0 cm³/mol. The molecule has 0 radical (unpaired) electrons. The van der Waals surface area contributed by atoms with E-state index in [0.29, 0.717) is 0 Å². The molecule has 0 saturated heterocycles. The van der Waals surface area contributed by atoms with Gasteiger partial charge < -0.3 is 11.1 Å². The van der Waals surface area contributed by atoms with Crippen molar-refractivity contribution in [1.29, 1.82) is 0 Å². The first-order valence-electron chi connectivity index (χ1n) is 4.71. The average molecular weight is 193 g/mol. The highest BCUT2D eigenvalue weighted by molar-refractivity contribution is 5.92. The van der Waals surface area contributed by atoms with Crippen LogP contribution in [-0.2, 0) is 4.79 Å². The number of anilines is 1. The molecule has 0 bridgehead atoms. The second-order valence-corrected chi connectivity index (χ2v) is 3.57. The molecule has 0 aromatic heterocycles. The van der Waals surface area contributed by atoms with Gasteiger partial charge in [-0.05, 0) is 31.9 Å². The fourth-order valence-electron chi connectivity index (χ4n) is 1.58. The second kappa shape index (κ2) is 4.24. The molecule has 1 rings (SSSR count). The molecule has 0 aliphatic rings. The van der Waals surface area contributed by atoms with E-state index in [1.807, 2.05) is 20.8 Å². The molecular formula is C11H17N2O+. The summed E-state index contributed by atoms with van der Waals surface area (Å²) in [7, 11) is 0. The third-order valence-corrected chi connectivity index (χ3v) is 2.17. The van der Waals surface area contributed by atoms with Gasteiger partial charge >= 0.3 is 0 Å². The van der Waals surface area contributed by atoms with E-state index < -0.39 is 0 Å². The molecule has 76 valence electrons. The molecule has 1 aromatic rings. The zero-order chi connectivity index (χ0) is 10.7. The number of rotatable bonds is 2. The third-order valence-electron chi connectivity index (χ3n) is 2.17. The van der Waals surface area contributed by atoms with Crippen LogP contribution in [0.1, 0.15) is 16.7 Å². The summed E-state index contributed by atoms with van der Waals surface area (Å²) in [5, 5.41) is 2.85. The van der Waals surface area contributed by atoms with Gasteiger partial charge in [0.15, 0.2) is 6.54 Å². The van der Waals surface area contributed by atoms with E-state index in [2.05, 4.69) is 23.2 Å². The Kier molecular flexibility index (Phi) is 3.25. The summed E-state index contributed by atoms with van der Waals surface area (Å²) in [6, 6.07) is 4.12. The number of carbonyl (C=O) groups is 1. The maximum Gasteiger partial charge on any atom is 0.279 e. The Balaban J connectivity index is 3.02. The molecule has 0 saturated carbocycles. The normalized spacial score (nSPS) is 10.0. The quantitative estimate of drug-likeness (QED) is 0.717. The summed E-state index contributed by atoms with van der Waals surface area (Å²) in [4.78, 5) is 11.2. The van der Waals surface area contributed by atoms with Gasteiger partial charge in [0.05, 0.1) is 0 Å². The zero-order valence-electron chi connectivity index (χ0n) is 8.98. The van der Waals surface area contributed by atoms with Crippen molar-refractivity contribution in [1.82, 2.24) is 0 Å². The van der Waals surface area contributed by atoms with Gasteiger partial charge in [0.25, 0.3) is 5.91 Å². The number of benzene rings is 1. The van der Waals surface area contributed by atoms with Crippen molar-refractivity contribution in [3.63, 3.8) is 0 Å². The number of aryl methyl sites for hydroxylation is 3. The summed E-state index contributed by atoms with van der Waals surface area (Å²) < 4.78 is 0. The molecule has 0 aliphatic carbocycles. The minimum absolute atomic E-state index is 0.0416. The van der Waals surface area contributed by atoms with Crippen LogP contribution in [0.15, 0.2) is 12.1 Å². The van der Waals surface area contributed by atoms with E-state index in [4.69, 9.17) is 0 Å². The van der Waals surface area contributed by atoms with Gasteiger partial charge in [0.1, 0.15) is 0 Å². The number of hydrogen-bond donors (Lipinski definition) is 2. The third kappa shape index (κ3) is 2.33. The minimum Gasteiger partial charge on any atom is -0.350 e. The van der Waals surface area contributed by atoms with E-state index in [1.165, 1.54) is 5.56 Å². The summed E-state index contributed by atoms with van der Waals surface area (Å²) in [5.74, 6) is -0.0416. The Hall–Kier alpha value is -1.35. The first-order chi connectivity index (χ1) is 6.54. The molecule has 3 nitrogen and oxygen atoms in total. The van der Waals surface area contributed by atoms with Gasteiger partial charge in [-0.25, -0.2) is 0 Å². The zero-order valence-corrected chi connectivity index (χ0v) is 8.98. The van der Waals surface area contributed by atoms with Crippen LogP contribution in [0.5, 0.6) is 0 Å². The van der Waals surface area contributed by atoms with Gasteiger partial charge in [0.2, 0.25) is 0 Å². The van der Waals surface area contributed by atoms with Crippen LogP contribution in [0.25, 0.3) is 0 Å².